The van der Waals surface area contributed by atoms with E-state index in [9.17, 15) is 4.79 Å². The highest BCUT2D eigenvalue weighted by atomic mass is 16.5. The second-order valence-electron chi connectivity index (χ2n) is 5.73. The lowest BCUT2D eigenvalue weighted by Gasteiger charge is -2.19. The molecule has 128 valence electrons. The predicted molar refractivity (Wildman–Crippen MR) is 97.4 cm³/mol. The Morgan fingerprint density at radius 2 is 1.84 bits per heavy atom. The molecule has 0 aliphatic carbocycles. The third-order valence-corrected chi connectivity index (χ3v) is 3.96. The van der Waals surface area contributed by atoms with Crippen LogP contribution in [0.3, 0.4) is 0 Å². The Morgan fingerprint density at radius 3 is 2.60 bits per heavy atom. The minimum Gasteiger partial charge on any atom is -0.494 e. The van der Waals surface area contributed by atoms with E-state index >= 15 is 0 Å². The molecule has 0 spiro atoms. The van der Waals surface area contributed by atoms with Crippen LogP contribution in [0.4, 0.5) is 0 Å². The second kappa shape index (κ2) is 7.66. The monoisotopic (exact) mass is 335 g/mol. The molecule has 0 bridgehead atoms. The highest BCUT2D eigenvalue weighted by Gasteiger charge is 2.19. The average Bonchev–Trinajstić information content (AvgIpc) is 3.13. The molecule has 1 N–H and O–H groups in total. The average molecular weight is 335 g/mol. The van der Waals surface area contributed by atoms with Crippen molar-refractivity contribution in [2.75, 3.05) is 13.7 Å². The molecule has 0 radical (unpaired) electrons. The molecule has 2 aromatic carbocycles. The van der Waals surface area contributed by atoms with E-state index in [0.29, 0.717) is 18.7 Å². The normalized spacial score (nSPS) is 10.5. The van der Waals surface area contributed by atoms with Crippen LogP contribution < -0.4 is 4.74 Å². The number of rotatable bonds is 6. The van der Waals surface area contributed by atoms with Crippen LogP contribution in [0.1, 0.15) is 22.8 Å². The highest BCUT2D eigenvalue weighted by Crippen LogP contribution is 2.24. The van der Waals surface area contributed by atoms with Crippen molar-refractivity contribution >= 4 is 5.91 Å². The third-order valence-electron chi connectivity index (χ3n) is 3.96. The lowest BCUT2D eigenvalue weighted by Crippen LogP contribution is -2.26. The Balaban J connectivity index is 1.82. The Kier molecular flexibility index (Phi) is 5.14. The number of ether oxygens (including phenoxy) is 1. The maximum absolute atomic E-state index is 12.9. The Hall–Kier alpha value is -3.08. The number of hydrogen-bond acceptors (Lipinski definition) is 3. The van der Waals surface area contributed by atoms with E-state index in [1.54, 1.807) is 18.1 Å². The standard InChI is InChI=1S/C20H21N3O2/c1-3-25-18-12-8-7-11-16(18)14-23(2)20(24)17-13-21-22-19(17)15-9-5-4-6-10-15/h4-13H,3,14H2,1-2H3,(H,21,22). The lowest BCUT2D eigenvalue weighted by molar-refractivity contribution is 0.0785. The van der Waals surface area contributed by atoms with Gasteiger partial charge in [0.1, 0.15) is 5.75 Å². The van der Waals surface area contributed by atoms with Crippen molar-refractivity contribution in [1.82, 2.24) is 15.1 Å². The molecule has 3 aromatic rings. The maximum Gasteiger partial charge on any atom is 0.257 e. The van der Waals surface area contributed by atoms with Gasteiger partial charge in [-0.1, -0.05) is 48.5 Å². The number of para-hydroxylation sites is 1. The molecular formula is C20H21N3O2. The minimum absolute atomic E-state index is 0.0843. The van der Waals surface area contributed by atoms with Crippen molar-refractivity contribution in [3.05, 3.63) is 71.9 Å². The van der Waals surface area contributed by atoms with Crippen LogP contribution in [0.5, 0.6) is 5.75 Å². The number of benzene rings is 2. The fourth-order valence-electron chi connectivity index (χ4n) is 2.74. The number of nitrogens with one attached hydrogen (secondary N) is 1. The van der Waals surface area contributed by atoms with Crippen molar-refractivity contribution in [2.24, 2.45) is 0 Å². The minimum atomic E-state index is -0.0843. The van der Waals surface area contributed by atoms with Gasteiger partial charge in [-0.25, -0.2) is 0 Å². The van der Waals surface area contributed by atoms with E-state index in [1.165, 1.54) is 0 Å². The fraction of sp³-hybridized carbons (Fsp3) is 0.200. The lowest BCUT2D eigenvalue weighted by atomic mass is 10.1. The molecule has 0 aliphatic heterocycles. The maximum atomic E-state index is 12.9. The van der Waals surface area contributed by atoms with Gasteiger partial charge in [0.25, 0.3) is 5.91 Å². The quantitative estimate of drug-likeness (QED) is 0.746. The smallest absolute Gasteiger partial charge is 0.257 e. The molecule has 1 aromatic heterocycles. The summed E-state index contributed by atoms with van der Waals surface area (Å²) in [6, 6.07) is 17.5. The summed E-state index contributed by atoms with van der Waals surface area (Å²) >= 11 is 0. The largest absolute Gasteiger partial charge is 0.494 e. The Morgan fingerprint density at radius 1 is 1.12 bits per heavy atom. The van der Waals surface area contributed by atoms with Crippen molar-refractivity contribution in [3.8, 4) is 17.0 Å². The van der Waals surface area contributed by atoms with Crippen LogP contribution in [0.15, 0.2) is 60.8 Å². The molecular weight excluding hydrogens is 314 g/mol. The van der Waals surface area contributed by atoms with E-state index in [0.717, 1.165) is 22.6 Å². The Bertz CT molecular complexity index is 843. The zero-order chi connectivity index (χ0) is 17.6. The second-order valence-corrected chi connectivity index (χ2v) is 5.73. The van der Waals surface area contributed by atoms with Gasteiger partial charge >= 0.3 is 0 Å². The van der Waals surface area contributed by atoms with Crippen LogP contribution >= 0.6 is 0 Å². The van der Waals surface area contributed by atoms with Gasteiger partial charge in [0.2, 0.25) is 0 Å². The van der Waals surface area contributed by atoms with Gasteiger partial charge in [-0.3, -0.25) is 9.89 Å². The fourth-order valence-corrected chi connectivity index (χ4v) is 2.74. The highest BCUT2D eigenvalue weighted by molar-refractivity contribution is 5.99. The van der Waals surface area contributed by atoms with Gasteiger partial charge in [0.15, 0.2) is 0 Å². The van der Waals surface area contributed by atoms with Crippen LogP contribution in [0.25, 0.3) is 11.3 Å². The molecule has 1 heterocycles. The summed E-state index contributed by atoms with van der Waals surface area (Å²) in [6.45, 7) is 3.01. The molecule has 0 saturated heterocycles. The molecule has 0 saturated carbocycles. The molecule has 1 amide bonds. The SMILES string of the molecule is CCOc1ccccc1CN(C)C(=O)c1cn[nH]c1-c1ccccc1. The predicted octanol–water partition coefficient (Wildman–Crippen LogP) is 3.75. The molecule has 0 fully saturated rings. The molecule has 3 rings (SSSR count). The number of amides is 1. The van der Waals surface area contributed by atoms with Crippen LogP contribution in [0, 0.1) is 0 Å². The van der Waals surface area contributed by atoms with Crippen molar-refractivity contribution in [2.45, 2.75) is 13.5 Å². The first-order chi connectivity index (χ1) is 12.2. The summed E-state index contributed by atoms with van der Waals surface area (Å²) in [5, 5.41) is 6.99. The van der Waals surface area contributed by atoms with E-state index in [4.69, 9.17) is 4.74 Å². The topological polar surface area (TPSA) is 58.2 Å². The Labute approximate surface area is 147 Å². The molecule has 5 nitrogen and oxygen atoms in total. The third kappa shape index (κ3) is 3.71. The summed E-state index contributed by atoms with van der Waals surface area (Å²) in [5.74, 6) is 0.721. The number of H-pyrrole nitrogens is 1. The molecule has 0 aliphatic rings. The summed E-state index contributed by atoms with van der Waals surface area (Å²) in [5.41, 5.74) is 3.20. The first-order valence-corrected chi connectivity index (χ1v) is 8.25. The van der Waals surface area contributed by atoms with Crippen molar-refractivity contribution in [3.63, 3.8) is 0 Å². The van der Waals surface area contributed by atoms with Crippen molar-refractivity contribution in [1.29, 1.82) is 0 Å². The summed E-state index contributed by atoms with van der Waals surface area (Å²) in [4.78, 5) is 14.6. The molecule has 0 unspecified atom stereocenters. The van der Waals surface area contributed by atoms with Gasteiger partial charge in [0, 0.05) is 24.7 Å². The van der Waals surface area contributed by atoms with E-state index in [2.05, 4.69) is 10.2 Å². The summed E-state index contributed by atoms with van der Waals surface area (Å²) in [7, 11) is 1.78. The van der Waals surface area contributed by atoms with E-state index in [-0.39, 0.29) is 5.91 Å². The van der Waals surface area contributed by atoms with Crippen molar-refractivity contribution < 1.29 is 9.53 Å². The van der Waals surface area contributed by atoms with Gasteiger partial charge in [-0.2, -0.15) is 5.10 Å². The summed E-state index contributed by atoms with van der Waals surface area (Å²) in [6.07, 6.45) is 1.58. The number of hydrogen-bond donors (Lipinski definition) is 1. The number of aromatic nitrogens is 2. The number of carbonyl (C=O) groups excluding carboxylic acids is 1. The molecule has 5 heteroatoms. The van der Waals surface area contributed by atoms with Crippen LogP contribution in [-0.4, -0.2) is 34.7 Å². The zero-order valence-electron chi connectivity index (χ0n) is 14.4. The van der Waals surface area contributed by atoms with Gasteiger partial charge in [-0.05, 0) is 13.0 Å². The zero-order valence-corrected chi connectivity index (χ0v) is 14.4. The van der Waals surface area contributed by atoms with E-state index in [1.807, 2.05) is 61.5 Å². The van der Waals surface area contributed by atoms with Gasteiger partial charge in [-0.15, -0.1) is 0 Å². The summed E-state index contributed by atoms with van der Waals surface area (Å²) < 4.78 is 5.64. The van der Waals surface area contributed by atoms with Crippen LogP contribution in [-0.2, 0) is 6.54 Å². The first-order valence-electron chi connectivity index (χ1n) is 8.25. The van der Waals surface area contributed by atoms with E-state index < -0.39 is 0 Å². The molecule has 25 heavy (non-hydrogen) atoms. The van der Waals surface area contributed by atoms with Gasteiger partial charge in [0.05, 0.1) is 24.1 Å². The number of nitrogens with zero attached hydrogens (tertiary/aromatic N) is 2. The molecule has 0 atom stereocenters. The van der Waals surface area contributed by atoms with Gasteiger partial charge < -0.3 is 9.64 Å². The first kappa shape index (κ1) is 16.8. The number of carbonyl (C=O) groups is 1. The van der Waals surface area contributed by atoms with Crippen LogP contribution in [0.2, 0.25) is 0 Å². The number of aromatic amines is 1.